The summed E-state index contributed by atoms with van der Waals surface area (Å²) < 4.78 is 10.9. The molecular formula is C13H16N2O2S. The summed E-state index contributed by atoms with van der Waals surface area (Å²) in [5.74, 6) is 1.46. The van der Waals surface area contributed by atoms with Gasteiger partial charge in [-0.1, -0.05) is 12.1 Å². The van der Waals surface area contributed by atoms with E-state index in [0.29, 0.717) is 13.2 Å². The van der Waals surface area contributed by atoms with Crippen molar-refractivity contribution in [2.75, 3.05) is 13.7 Å². The van der Waals surface area contributed by atoms with Crippen LogP contribution in [0, 0.1) is 0 Å². The highest BCUT2D eigenvalue weighted by Crippen LogP contribution is 2.27. The fourth-order valence-electron chi connectivity index (χ4n) is 1.55. The Hall–Kier alpha value is -1.59. The Labute approximate surface area is 110 Å². The number of nitrogens with zero attached hydrogens (tertiary/aromatic N) is 1. The van der Waals surface area contributed by atoms with Crippen molar-refractivity contribution < 1.29 is 9.47 Å². The largest absolute Gasteiger partial charge is 0.493 e. The van der Waals surface area contributed by atoms with E-state index in [4.69, 9.17) is 15.2 Å². The van der Waals surface area contributed by atoms with Crippen LogP contribution in [0.15, 0.2) is 30.5 Å². The lowest BCUT2D eigenvalue weighted by atomic mass is 10.3. The van der Waals surface area contributed by atoms with Gasteiger partial charge in [0.1, 0.15) is 11.6 Å². The summed E-state index contributed by atoms with van der Waals surface area (Å²) in [4.78, 5) is 5.49. The average molecular weight is 264 g/mol. The first-order valence-corrected chi connectivity index (χ1v) is 6.54. The molecule has 0 aliphatic rings. The number of methoxy groups -OCH3 is 1. The Bertz CT molecular complexity index is 499. The molecule has 5 heteroatoms. The third-order valence-corrected chi connectivity index (χ3v) is 3.44. The number of aromatic nitrogens is 1. The molecular weight excluding hydrogens is 248 g/mol. The molecule has 2 rings (SSSR count). The molecule has 2 N–H and O–H groups in total. The van der Waals surface area contributed by atoms with Crippen LogP contribution >= 0.6 is 11.3 Å². The summed E-state index contributed by atoms with van der Waals surface area (Å²) in [5.41, 5.74) is 5.50. The Morgan fingerprint density at radius 2 is 2.06 bits per heavy atom. The Kier molecular flexibility index (Phi) is 4.55. The molecule has 18 heavy (non-hydrogen) atoms. The standard InChI is InChI=1S/C13H16N2O2S/c1-16-11-4-2-3-5-12(11)17-9-13-15-8-10(18-13)6-7-14/h2-5,8H,6-7,9,14H2,1H3. The van der Waals surface area contributed by atoms with E-state index >= 15 is 0 Å². The van der Waals surface area contributed by atoms with Gasteiger partial charge in [-0.3, -0.25) is 0 Å². The van der Waals surface area contributed by atoms with E-state index < -0.39 is 0 Å². The third kappa shape index (κ3) is 3.21. The molecule has 0 aliphatic heterocycles. The van der Waals surface area contributed by atoms with Crippen LogP contribution < -0.4 is 15.2 Å². The van der Waals surface area contributed by atoms with Gasteiger partial charge >= 0.3 is 0 Å². The van der Waals surface area contributed by atoms with Gasteiger partial charge in [0, 0.05) is 11.1 Å². The van der Waals surface area contributed by atoms with E-state index in [1.54, 1.807) is 18.4 Å². The monoisotopic (exact) mass is 264 g/mol. The number of rotatable bonds is 6. The summed E-state index contributed by atoms with van der Waals surface area (Å²) >= 11 is 1.63. The van der Waals surface area contributed by atoms with Gasteiger partial charge in [0.25, 0.3) is 0 Å². The lowest BCUT2D eigenvalue weighted by Crippen LogP contribution is -2.00. The second kappa shape index (κ2) is 6.37. The third-order valence-electron chi connectivity index (χ3n) is 2.41. The summed E-state index contributed by atoms with van der Waals surface area (Å²) in [5, 5.41) is 0.948. The van der Waals surface area contributed by atoms with Gasteiger partial charge in [-0.15, -0.1) is 11.3 Å². The number of hydrogen-bond acceptors (Lipinski definition) is 5. The van der Waals surface area contributed by atoms with Crippen molar-refractivity contribution in [3.63, 3.8) is 0 Å². The number of hydrogen-bond donors (Lipinski definition) is 1. The molecule has 0 bridgehead atoms. The van der Waals surface area contributed by atoms with Gasteiger partial charge in [0.2, 0.25) is 0 Å². The summed E-state index contributed by atoms with van der Waals surface area (Å²) in [6.07, 6.45) is 2.73. The molecule has 0 aliphatic carbocycles. The molecule has 0 fully saturated rings. The highest BCUT2D eigenvalue weighted by atomic mass is 32.1. The summed E-state index contributed by atoms with van der Waals surface area (Å²) in [6.45, 7) is 1.10. The predicted octanol–water partition coefficient (Wildman–Crippen LogP) is 2.23. The molecule has 1 aromatic carbocycles. The number of thiazole rings is 1. The Balaban J connectivity index is 1.97. The zero-order valence-corrected chi connectivity index (χ0v) is 11.1. The van der Waals surface area contributed by atoms with Crippen LogP contribution in [0.4, 0.5) is 0 Å². The van der Waals surface area contributed by atoms with Gasteiger partial charge in [0.15, 0.2) is 11.5 Å². The fraction of sp³-hybridized carbons (Fsp3) is 0.308. The summed E-state index contributed by atoms with van der Waals surface area (Å²) in [7, 11) is 1.63. The van der Waals surface area contributed by atoms with E-state index in [-0.39, 0.29) is 0 Å². The van der Waals surface area contributed by atoms with Gasteiger partial charge in [0.05, 0.1) is 7.11 Å². The zero-order chi connectivity index (χ0) is 12.8. The molecule has 96 valence electrons. The molecule has 1 heterocycles. The van der Waals surface area contributed by atoms with E-state index in [0.717, 1.165) is 22.9 Å². The van der Waals surface area contributed by atoms with Crippen molar-refractivity contribution in [1.29, 1.82) is 0 Å². The molecule has 0 saturated heterocycles. The predicted molar refractivity (Wildman–Crippen MR) is 72.2 cm³/mol. The minimum Gasteiger partial charge on any atom is -0.493 e. The lowest BCUT2D eigenvalue weighted by molar-refractivity contribution is 0.284. The molecule has 2 aromatic rings. The zero-order valence-electron chi connectivity index (χ0n) is 10.3. The van der Waals surface area contributed by atoms with Crippen LogP contribution in [0.5, 0.6) is 11.5 Å². The number of ether oxygens (including phenoxy) is 2. The molecule has 0 amide bonds. The second-order valence-electron chi connectivity index (χ2n) is 3.70. The van der Waals surface area contributed by atoms with Crippen LogP contribution in [0.1, 0.15) is 9.88 Å². The number of para-hydroxylation sites is 2. The maximum absolute atomic E-state index is 5.70. The first kappa shape index (κ1) is 12.9. The van der Waals surface area contributed by atoms with E-state index in [2.05, 4.69) is 4.98 Å². The molecule has 0 radical (unpaired) electrons. The average Bonchev–Trinajstić information content (AvgIpc) is 2.85. The first-order valence-electron chi connectivity index (χ1n) is 5.73. The van der Waals surface area contributed by atoms with Crippen LogP contribution in [0.2, 0.25) is 0 Å². The minimum absolute atomic E-state index is 0.454. The van der Waals surface area contributed by atoms with Crippen molar-refractivity contribution in [3.05, 3.63) is 40.3 Å². The number of nitrogens with two attached hydrogens (primary N) is 1. The van der Waals surface area contributed by atoms with Crippen LogP contribution in [0.3, 0.4) is 0 Å². The Morgan fingerprint density at radius 3 is 2.78 bits per heavy atom. The Morgan fingerprint density at radius 1 is 1.28 bits per heavy atom. The van der Waals surface area contributed by atoms with Crippen molar-refractivity contribution in [2.45, 2.75) is 13.0 Å². The number of benzene rings is 1. The van der Waals surface area contributed by atoms with Gasteiger partial charge in [-0.25, -0.2) is 4.98 Å². The van der Waals surface area contributed by atoms with Crippen molar-refractivity contribution in [3.8, 4) is 11.5 Å². The fourth-order valence-corrected chi connectivity index (χ4v) is 2.40. The smallest absolute Gasteiger partial charge is 0.161 e. The quantitative estimate of drug-likeness (QED) is 0.869. The summed E-state index contributed by atoms with van der Waals surface area (Å²) in [6, 6.07) is 7.58. The molecule has 0 atom stereocenters. The minimum atomic E-state index is 0.454. The van der Waals surface area contributed by atoms with Gasteiger partial charge in [-0.2, -0.15) is 0 Å². The highest BCUT2D eigenvalue weighted by Gasteiger charge is 2.05. The first-order chi connectivity index (χ1) is 8.83. The van der Waals surface area contributed by atoms with E-state index in [1.807, 2.05) is 30.5 Å². The van der Waals surface area contributed by atoms with Gasteiger partial charge in [-0.05, 0) is 25.1 Å². The van der Waals surface area contributed by atoms with Crippen LogP contribution in [0.25, 0.3) is 0 Å². The van der Waals surface area contributed by atoms with Crippen LogP contribution in [-0.2, 0) is 13.0 Å². The van der Waals surface area contributed by atoms with Crippen LogP contribution in [-0.4, -0.2) is 18.6 Å². The SMILES string of the molecule is COc1ccccc1OCc1ncc(CCN)s1. The lowest BCUT2D eigenvalue weighted by Gasteiger charge is -2.08. The molecule has 1 aromatic heterocycles. The molecule has 0 spiro atoms. The highest BCUT2D eigenvalue weighted by molar-refractivity contribution is 7.11. The van der Waals surface area contributed by atoms with Crippen molar-refractivity contribution >= 4 is 11.3 Å². The van der Waals surface area contributed by atoms with Gasteiger partial charge < -0.3 is 15.2 Å². The van der Waals surface area contributed by atoms with E-state index in [1.165, 1.54) is 4.88 Å². The molecule has 4 nitrogen and oxygen atoms in total. The molecule has 0 unspecified atom stereocenters. The maximum Gasteiger partial charge on any atom is 0.161 e. The second-order valence-corrected chi connectivity index (χ2v) is 4.90. The van der Waals surface area contributed by atoms with Crippen molar-refractivity contribution in [2.24, 2.45) is 5.73 Å². The normalized spacial score (nSPS) is 10.3. The van der Waals surface area contributed by atoms with Crippen molar-refractivity contribution in [1.82, 2.24) is 4.98 Å². The molecule has 0 saturated carbocycles. The van der Waals surface area contributed by atoms with E-state index in [9.17, 15) is 0 Å². The topological polar surface area (TPSA) is 57.4 Å². The maximum atomic E-state index is 5.70.